The number of benzene rings is 1. The van der Waals surface area contributed by atoms with Crippen LogP contribution in [0.3, 0.4) is 0 Å². The first-order valence-corrected chi connectivity index (χ1v) is 10.4. The molecule has 138 valence electrons. The molecule has 0 saturated carbocycles. The quantitative estimate of drug-likeness (QED) is 0.784. The van der Waals surface area contributed by atoms with E-state index >= 15 is 0 Å². The van der Waals surface area contributed by atoms with Crippen molar-refractivity contribution in [2.75, 3.05) is 24.1 Å². The maximum atomic E-state index is 14.0. The summed E-state index contributed by atoms with van der Waals surface area (Å²) in [6.45, 7) is 4.47. The summed E-state index contributed by atoms with van der Waals surface area (Å²) in [5, 5.41) is 3.17. The molecule has 0 aromatic heterocycles. The van der Waals surface area contributed by atoms with Crippen LogP contribution in [-0.4, -0.2) is 52.6 Å². The second kappa shape index (κ2) is 7.52. The van der Waals surface area contributed by atoms with E-state index in [1.165, 1.54) is 10.4 Å². The monoisotopic (exact) mass is 401 g/mol. The lowest BCUT2D eigenvalue weighted by Crippen LogP contribution is -2.57. The maximum Gasteiger partial charge on any atom is 0.243 e. The number of rotatable bonds is 4. The van der Waals surface area contributed by atoms with Gasteiger partial charge in [0, 0.05) is 25.2 Å². The fourth-order valence-electron chi connectivity index (χ4n) is 2.44. The highest BCUT2D eigenvalue weighted by Gasteiger charge is 2.34. The van der Waals surface area contributed by atoms with Crippen LogP contribution in [0.5, 0.6) is 0 Å². The van der Waals surface area contributed by atoms with Gasteiger partial charge in [0.15, 0.2) is 0 Å². The molecule has 1 heterocycles. The van der Waals surface area contributed by atoms with Crippen molar-refractivity contribution < 1.29 is 21.2 Å². The molecule has 0 aliphatic carbocycles. The Bertz CT molecular complexity index is 801. The first-order valence-electron chi connectivity index (χ1n) is 7.05. The summed E-state index contributed by atoms with van der Waals surface area (Å²) in [7, 11) is -7.49. The Morgan fingerprint density at radius 2 is 1.88 bits per heavy atom. The largest absolute Gasteiger partial charge is 0.311 e. The van der Waals surface area contributed by atoms with Gasteiger partial charge < -0.3 is 5.32 Å². The Morgan fingerprint density at radius 3 is 2.42 bits per heavy atom. The Balaban J connectivity index is 0.00000288. The van der Waals surface area contributed by atoms with E-state index in [-0.39, 0.29) is 35.1 Å². The second-order valence-corrected chi connectivity index (χ2v) is 9.25. The number of hydrogen-bond acceptors (Lipinski definition) is 5. The molecule has 1 aliphatic heterocycles. The van der Waals surface area contributed by atoms with Crippen LogP contribution in [0.2, 0.25) is 0 Å². The molecule has 2 unspecified atom stereocenters. The summed E-state index contributed by atoms with van der Waals surface area (Å²) >= 11 is 0. The van der Waals surface area contributed by atoms with Crippen LogP contribution in [0.4, 0.5) is 10.1 Å². The smallest absolute Gasteiger partial charge is 0.243 e. The zero-order valence-corrected chi connectivity index (χ0v) is 15.9. The highest BCUT2D eigenvalue weighted by molar-refractivity contribution is 7.92. The lowest BCUT2D eigenvalue weighted by Gasteiger charge is -2.37. The molecule has 0 spiro atoms. The van der Waals surface area contributed by atoms with E-state index in [1.54, 1.807) is 6.92 Å². The first kappa shape index (κ1) is 21.1. The van der Waals surface area contributed by atoms with Gasteiger partial charge >= 0.3 is 0 Å². The van der Waals surface area contributed by atoms with Gasteiger partial charge in [0.25, 0.3) is 0 Å². The van der Waals surface area contributed by atoms with E-state index in [2.05, 4.69) is 5.32 Å². The maximum absolute atomic E-state index is 14.0. The molecule has 24 heavy (non-hydrogen) atoms. The summed E-state index contributed by atoms with van der Waals surface area (Å²) in [6.07, 6.45) is 0.890. The number of halogens is 2. The number of nitrogens with one attached hydrogen (secondary N) is 2. The molecular weight excluding hydrogens is 381 g/mol. The minimum atomic E-state index is -3.85. The lowest BCUT2D eigenvalue weighted by atomic mass is 10.1. The minimum Gasteiger partial charge on any atom is -0.311 e. The van der Waals surface area contributed by atoms with Crippen molar-refractivity contribution in [3.05, 3.63) is 24.0 Å². The van der Waals surface area contributed by atoms with Gasteiger partial charge in [-0.25, -0.2) is 21.2 Å². The van der Waals surface area contributed by atoms with Crippen LogP contribution >= 0.6 is 12.4 Å². The van der Waals surface area contributed by atoms with E-state index in [1.807, 2.05) is 11.6 Å². The van der Waals surface area contributed by atoms with Gasteiger partial charge in [0.2, 0.25) is 20.0 Å². The van der Waals surface area contributed by atoms with Crippen LogP contribution in [0, 0.1) is 5.82 Å². The number of hydrogen-bond donors (Lipinski definition) is 2. The summed E-state index contributed by atoms with van der Waals surface area (Å²) in [6, 6.07) is 2.85. The third-order valence-electron chi connectivity index (χ3n) is 3.82. The van der Waals surface area contributed by atoms with E-state index in [0.717, 1.165) is 18.4 Å². The number of anilines is 1. The van der Waals surface area contributed by atoms with Gasteiger partial charge in [-0.15, -0.1) is 12.4 Å². The van der Waals surface area contributed by atoms with E-state index in [0.29, 0.717) is 13.1 Å². The van der Waals surface area contributed by atoms with E-state index < -0.39 is 25.9 Å². The number of nitrogens with zero attached hydrogens (tertiary/aromatic N) is 1. The molecule has 1 aromatic carbocycles. The molecule has 7 nitrogen and oxygen atoms in total. The Kier molecular flexibility index (Phi) is 6.62. The Labute approximate surface area is 148 Å². The average Bonchev–Trinajstić information content (AvgIpc) is 2.42. The molecule has 2 rings (SSSR count). The highest BCUT2D eigenvalue weighted by atomic mass is 35.5. The summed E-state index contributed by atoms with van der Waals surface area (Å²) in [5.74, 6) is -0.938. The summed E-state index contributed by atoms with van der Waals surface area (Å²) in [4.78, 5) is -0.199. The molecule has 0 radical (unpaired) electrons. The van der Waals surface area contributed by atoms with Crippen molar-refractivity contribution in [2.24, 2.45) is 0 Å². The molecule has 0 bridgehead atoms. The van der Waals surface area contributed by atoms with Gasteiger partial charge in [-0.3, -0.25) is 4.72 Å². The van der Waals surface area contributed by atoms with Crippen LogP contribution in [0.15, 0.2) is 23.1 Å². The van der Waals surface area contributed by atoms with Crippen molar-refractivity contribution >= 4 is 38.1 Å². The van der Waals surface area contributed by atoms with Gasteiger partial charge in [-0.05, 0) is 32.0 Å². The summed E-state index contributed by atoms with van der Waals surface area (Å²) in [5.41, 5.74) is -0.284. The standard InChI is InChI=1S/C13H20FN3O4S2.ClH/c1-9-10(2)17(7-6-15-9)23(20,21)11-4-5-13(12(14)8-11)16-22(3,18)19;/h4-5,8-10,15-16H,6-7H2,1-3H3;1H. The van der Waals surface area contributed by atoms with Crippen LogP contribution in [-0.2, 0) is 20.0 Å². The third-order valence-corrected chi connectivity index (χ3v) is 6.39. The Morgan fingerprint density at radius 1 is 1.25 bits per heavy atom. The molecule has 0 amide bonds. The predicted octanol–water partition coefficient (Wildman–Crippen LogP) is 0.990. The number of piperazine rings is 1. The van der Waals surface area contributed by atoms with Gasteiger partial charge in [0.1, 0.15) is 5.82 Å². The highest BCUT2D eigenvalue weighted by Crippen LogP contribution is 2.25. The van der Waals surface area contributed by atoms with Crippen LogP contribution in [0.25, 0.3) is 0 Å². The minimum absolute atomic E-state index is 0. The molecule has 1 fully saturated rings. The van der Waals surface area contributed by atoms with Crippen molar-refractivity contribution in [2.45, 2.75) is 30.8 Å². The number of sulfonamides is 2. The molecule has 2 atom stereocenters. The molecule has 2 N–H and O–H groups in total. The summed E-state index contributed by atoms with van der Waals surface area (Å²) < 4.78 is 65.0. The molecule has 11 heteroatoms. The SMILES string of the molecule is CC1NCCN(S(=O)(=O)c2ccc(NS(C)(=O)=O)c(F)c2)C1C.Cl. The average molecular weight is 402 g/mol. The van der Waals surface area contributed by atoms with Crippen molar-refractivity contribution in [3.63, 3.8) is 0 Å². The third kappa shape index (κ3) is 4.57. The molecule has 1 aromatic rings. The molecular formula is C13H21ClFN3O4S2. The second-order valence-electron chi connectivity index (χ2n) is 5.62. The molecule has 1 saturated heterocycles. The van der Waals surface area contributed by atoms with Crippen molar-refractivity contribution in [1.82, 2.24) is 9.62 Å². The van der Waals surface area contributed by atoms with E-state index in [4.69, 9.17) is 0 Å². The zero-order valence-electron chi connectivity index (χ0n) is 13.5. The molecule has 1 aliphatic rings. The normalized spacial score (nSPS) is 22.7. The van der Waals surface area contributed by atoms with Gasteiger partial charge in [-0.1, -0.05) is 0 Å². The van der Waals surface area contributed by atoms with Crippen molar-refractivity contribution in [3.8, 4) is 0 Å². The van der Waals surface area contributed by atoms with E-state index in [9.17, 15) is 21.2 Å². The Hall–Kier alpha value is -0.940. The lowest BCUT2D eigenvalue weighted by molar-refractivity contribution is 0.233. The van der Waals surface area contributed by atoms with Crippen molar-refractivity contribution in [1.29, 1.82) is 0 Å². The zero-order chi connectivity index (χ0) is 17.4. The van der Waals surface area contributed by atoms with Gasteiger partial charge in [0.05, 0.1) is 16.8 Å². The van der Waals surface area contributed by atoms with Crippen LogP contribution < -0.4 is 10.0 Å². The fourth-order valence-corrected chi connectivity index (χ4v) is 4.72. The van der Waals surface area contributed by atoms with Gasteiger partial charge in [-0.2, -0.15) is 4.31 Å². The topological polar surface area (TPSA) is 95.6 Å². The first-order chi connectivity index (χ1) is 10.5. The fraction of sp³-hybridized carbons (Fsp3) is 0.538. The predicted molar refractivity (Wildman–Crippen MR) is 92.9 cm³/mol. The van der Waals surface area contributed by atoms with Crippen LogP contribution in [0.1, 0.15) is 13.8 Å².